The van der Waals surface area contributed by atoms with Gasteiger partial charge >= 0.3 is 6.18 Å². The zero-order chi connectivity index (χ0) is 17.3. The van der Waals surface area contributed by atoms with E-state index in [9.17, 15) is 21.6 Å². The van der Waals surface area contributed by atoms with Crippen LogP contribution < -0.4 is 10.5 Å². The van der Waals surface area contributed by atoms with Crippen molar-refractivity contribution < 1.29 is 21.6 Å². The van der Waals surface area contributed by atoms with Gasteiger partial charge in [0.2, 0.25) is 10.0 Å². The quantitative estimate of drug-likeness (QED) is 0.874. The number of nitrogens with one attached hydrogen (secondary N) is 1. The average Bonchev–Trinajstić information content (AvgIpc) is 2.44. The van der Waals surface area contributed by atoms with Gasteiger partial charge in [-0.25, -0.2) is 13.6 Å². The van der Waals surface area contributed by atoms with Crippen LogP contribution in [-0.4, -0.2) is 21.1 Å². The Hall–Kier alpha value is -1.28. The third kappa shape index (κ3) is 4.84. The summed E-state index contributed by atoms with van der Waals surface area (Å²) in [5.41, 5.74) is 1.17. The molecule has 0 amide bonds. The van der Waals surface area contributed by atoms with E-state index < -0.39 is 22.1 Å². The maximum Gasteiger partial charge on any atom is 0.391 e. The van der Waals surface area contributed by atoms with E-state index in [0.29, 0.717) is 30.6 Å². The Labute approximate surface area is 134 Å². The minimum atomic E-state index is -4.10. The minimum Gasteiger partial charge on any atom is -0.385 e. The molecule has 0 bridgehead atoms. The van der Waals surface area contributed by atoms with Crippen molar-refractivity contribution >= 4 is 15.7 Å². The van der Waals surface area contributed by atoms with Gasteiger partial charge in [0.15, 0.2) is 0 Å². The molecule has 0 saturated heterocycles. The predicted octanol–water partition coefficient (Wildman–Crippen LogP) is 3.42. The Morgan fingerprint density at radius 2 is 1.83 bits per heavy atom. The summed E-state index contributed by atoms with van der Waals surface area (Å²) in [4.78, 5) is 0.0586. The van der Waals surface area contributed by atoms with Crippen LogP contribution in [0.1, 0.15) is 31.2 Å². The maximum atomic E-state index is 12.6. The number of halogens is 3. The van der Waals surface area contributed by atoms with Crippen LogP contribution in [0.3, 0.4) is 0 Å². The molecule has 8 heteroatoms. The molecule has 1 aromatic rings. The molecule has 2 rings (SSSR count). The van der Waals surface area contributed by atoms with Gasteiger partial charge in [-0.05, 0) is 56.2 Å². The summed E-state index contributed by atoms with van der Waals surface area (Å²) in [5, 5.41) is 8.27. The molecule has 1 aliphatic rings. The Morgan fingerprint density at radius 1 is 1.22 bits per heavy atom. The van der Waals surface area contributed by atoms with Gasteiger partial charge in [0.1, 0.15) is 0 Å². The predicted molar refractivity (Wildman–Crippen MR) is 82.5 cm³/mol. The van der Waals surface area contributed by atoms with Crippen molar-refractivity contribution in [1.82, 2.24) is 0 Å². The lowest BCUT2D eigenvalue weighted by molar-refractivity contribution is -0.183. The molecular weight excluding hydrogens is 329 g/mol. The molecule has 1 saturated carbocycles. The molecule has 4 nitrogen and oxygen atoms in total. The van der Waals surface area contributed by atoms with E-state index in [2.05, 4.69) is 5.32 Å². The van der Waals surface area contributed by atoms with E-state index in [4.69, 9.17) is 5.14 Å². The number of hydrogen-bond donors (Lipinski definition) is 2. The summed E-state index contributed by atoms with van der Waals surface area (Å²) in [6, 6.07) is 4.86. The number of rotatable bonds is 4. The van der Waals surface area contributed by atoms with Crippen LogP contribution in [0.25, 0.3) is 0 Å². The Balaban J connectivity index is 1.93. The van der Waals surface area contributed by atoms with Gasteiger partial charge in [-0.2, -0.15) is 13.2 Å². The second-order valence-electron chi connectivity index (χ2n) is 6.17. The van der Waals surface area contributed by atoms with Gasteiger partial charge < -0.3 is 5.32 Å². The second kappa shape index (κ2) is 6.68. The first kappa shape index (κ1) is 18.1. The van der Waals surface area contributed by atoms with Crippen molar-refractivity contribution in [3.05, 3.63) is 23.8 Å². The van der Waals surface area contributed by atoms with Gasteiger partial charge in [-0.3, -0.25) is 0 Å². The Kier molecular flexibility index (Phi) is 5.25. The minimum absolute atomic E-state index is 0.0586. The highest BCUT2D eigenvalue weighted by atomic mass is 32.2. The normalized spacial score (nSPS) is 22.8. The summed E-state index contributed by atoms with van der Waals surface area (Å²) in [7, 11) is -3.79. The monoisotopic (exact) mass is 350 g/mol. The number of primary sulfonamides is 1. The molecule has 0 unspecified atom stereocenters. The average molecular weight is 350 g/mol. The third-order valence-electron chi connectivity index (χ3n) is 4.40. The zero-order valence-electron chi connectivity index (χ0n) is 12.9. The third-order valence-corrected chi connectivity index (χ3v) is 5.45. The van der Waals surface area contributed by atoms with Crippen molar-refractivity contribution in [2.75, 3.05) is 11.9 Å². The molecule has 23 heavy (non-hydrogen) atoms. The van der Waals surface area contributed by atoms with Crippen LogP contribution in [0.5, 0.6) is 0 Å². The number of anilines is 1. The van der Waals surface area contributed by atoms with E-state index in [1.54, 1.807) is 19.1 Å². The van der Waals surface area contributed by atoms with E-state index >= 15 is 0 Å². The Morgan fingerprint density at radius 3 is 2.35 bits per heavy atom. The standard InChI is InChI=1S/C15H21F3N2O2S/c1-10-2-7-13(8-14(10)23(19,21)22)20-9-11-3-5-12(6-4-11)15(16,17)18/h2,7-8,11-12,20H,3-6,9H2,1H3,(H2,19,21,22). The largest absolute Gasteiger partial charge is 0.391 e. The highest BCUT2D eigenvalue weighted by Crippen LogP contribution is 2.39. The number of hydrogen-bond acceptors (Lipinski definition) is 3. The number of aryl methyl sites for hydroxylation is 1. The van der Waals surface area contributed by atoms with E-state index in [1.807, 2.05) is 0 Å². The number of nitrogens with two attached hydrogens (primary N) is 1. The number of alkyl halides is 3. The molecule has 3 N–H and O–H groups in total. The molecule has 0 radical (unpaired) electrons. The van der Waals surface area contributed by atoms with Crippen LogP contribution in [0.4, 0.5) is 18.9 Å². The van der Waals surface area contributed by atoms with Gasteiger partial charge in [0.05, 0.1) is 10.8 Å². The number of benzene rings is 1. The SMILES string of the molecule is Cc1ccc(NCC2CCC(C(F)(F)F)CC2)cc1S(N)(=O)=O. The fourth-order valence-electron chi connectivity index (χ4n) is 2.97. The fourth-order valence-corrected chi connectivity index (χ4v) is 3.78. The molecule has 0 atom stereocenters. The van der Waals surface area contributed by atoms with Crippen LogP contribution in [-0.2, 0) is 10.0 Å². The first-order chi connectivity index (χ1) is 10.6. The van der Waals surface area contributed by atoms with Crippen molar-refractivity contribution in [2.24, 2.45) is 17.0 Å². The first-order valence-electron chi connectivity index (χ1n) is 7.51. The van der Waals surface area contributed by atoms with Crippen LogP contribution >= 0.6 is 0 Å². The summed E-state index contributed by atoms with van der Waals surface area (Å²) < 4.78 is 60.9. The molecule has 0 heterocycles. The first-order valence-corrected chi connectivity index (χ1v) is 9.06. The highest BCUT2D eigenvalue weighted by Gasteiger charge is 2.41. The summed E-state index contributed by atoms with van der Waals surface area (Å²) in [6.07, 6.45) is -2.74. The molecule has 130 valence electrons. The van der Waals surface area contributed by atoms with Crippen molar-refractivity contribution in [3.63, 3.8) is 0 Å². The summed E-state index contributed by atoms with van der Waals surface area (Å²) in [6.45, 7) is 2.18. The zero-order valence-corrected chi connectivity index (χ0v) is 13.7. The lowest BCUT2D eigenvalue weighted by atomic mass is 9.81. The van der Waals surface area contributed by atoms with Gasteiger partial charge in [0.25, 0.3) is 0 Å². The van der Waals surface area contributed by atoms with Crippen LogP contribution in [0.15, 0.2) is 23.1 Å². The topological polar surface area (TPSA) is 72.2 Å². The molecule has 1 fully saturated rings. The maximum absolute atomic E-state index is 12.6. The number of sulfonamides is 1. The molecular formula is C15H21F3N2O2S. The van der Waals surface area contributed by atoms with Crippen molar-refractivity contribution in [1.29, 1.82) is 0 Å². The second-order valence-corrected chi connectivity index (χ2v) is 7.70. The fraction of sp³-hybridized carbons (Fsp3) is 0.600. The van der Waals surface area contributed by atoms with Crippen molar-refractivity contribution in [2.45, 2.75) is 43.7 Å². The molecule has 1 aromatic carbocycles. The molecule has 0 spiro atoms. The lowest BCUT2D eigenvalue weighted by Crippen LogP contribution is -2.29. The van der Waals surface area contributed by atoms with E-state index in [0.717, 1.165) is 0 Å². The van der Waals surface area contributed by atoms with E-state index in [1.165, 1.54) is 6.07 Å². The molecule has 1 aliphatic carbocycles. The van der Waals surface area contributed by atoms with Crippen LogP contribution in [0, 0.1) is 18.8 Å². The summed E-state index contributed by atoms with van der Waals surface area (Å²) >= 11 is 0. The smallest absolute Gasteiger partial charge is 0.385 e. The van der Waals surface area contributed by atoms with Gasteiger partial charge in [-0.15, -0.1) is 0 Å². The molecule has 0 aromatic heterocycles. The van der Waals surface area contributed by atoms with Gasteiger partial charge in [0, 0.05) is 12.2 Å². The lowest BCUT2D eigenvalue weighted by Gasteiger charge is -2.30. The Bertz CT molecular complexity index is 651. The van der Waals surface area contributed by atoms with Crippen LogP contribution in [0.2, 0.25) is 0 Å². The van der Waals surface area contributed by atoms with Gasteiger partial charge in [-0.1, -0.05) is 6.07 Å². The highest BCUT2D eigenvalue weighted by molar-refractivity contribution is 7.89. The molecule has 0 aliphatic heterocycles. The van der Waals surface area contributed by atoms with E-state index in [-0.39, 0.29) is 23.7 Å². The van der Waals surface area contributed by atoms with Crippen molar-refractivity contribution in [3.8, 4) is 0 Å². The summed E-state index contributed by atoms with van der Waals surface area (Å²) in [5.74, 6) is -1.03.